The van der Waals surface area contributed by atoms with Gasteiger partial charge in [0, 0.05) is 26.2 Å². The molecule has 1 unspecified atom stereocenters. The summed E-state index contributed by atoms with van der Waals surface area (Å²) in [5.41, 5.74) is 6.05. The molecule has 2 rings (SSSR count). The highest BCUT2D eigenvalue weighted by Crippen LogP contribution is 2.15. The molecule has 1 atom stereocenters. The smallest absolute Gasteiger partial charge is 0.191 e. The third kappa shape index (κ3) is 3.85. The average molecular weight is 254 g/mol. The second kappa shape index (κ2) is 6.38. The molecule has 0 radical (unpaired) electrons. The van der Waals surface area contributed by atoms with Gasteiger partial charge in [-0.15, -0.1) is 0 Å². The summed E-state index contributed by atoms with van der Waals surface area (Å²) in [6.45, 7) is 7.84. The number of nitrogens with zero attached hydrogens (tertiary/aromatic N) is 3. The Morgan fingerprint density at radius 2 is 2.06 bits per heavy atom. The van der Waals surface area contributed by atoms with Gasteiger partial charge < -0.3 is 20.3 Å². The van der Waals surface area contributed by atoms with E-state index in [-0.39, 0.29) is 6.10 Å². The molecule has 0 amide bonds. The van der Waals surface area contributed by atoms with E-state index in [1.165, 1.54) is 12.8 Å². The van der Waals surface area contributed by atoms with E-state index in [9.17, 15) is 0 Å². The van der Waals surface area contributed by atoms with E-state index in [2.05, 4.69) is 28.8 Å². The van der Waals surface area contributed by atoms with Gasteiger partial charge in [0.1, 0.15) is 0 Å². The minimum atomic E-state index is 0.200. The molecule has 2 aliphatic heterocycles. The number of guanidine groups is 1. The second-order valence-corrected chi connectivity index (χ2v) is 5.62. The molecule has 2 N–H and O–H groups in total. The summed E-state index contributed by atoms with van der Waals surface area (Å²) in [4.78, 5) is 8.98. The Balaban J connectivity index is 1.77. The van der Waals surface area contributed by atoms with Crippen LogP contribution in [0, 0.1) is 5.92 Å². The van der Waals surface area contributed by atoms with E-state index in [0.29, 0.717) is 12.5 Å². The topological polar surface area (TPSA) is 54.1 Å². The number of aliphatic imine (C=N–C) groups is 1. The van der Waals surface area contributed by atoms with Gasteiger partial charge in [0.25, 0.3) is 0 Å². The Bertz CT molecular complexity index is 287. The quantitative estimate of drug-likeness (QED) is 0.571. The fourth-order valence-electron chi connectivity index (χ4n) is 2.51. The maximum atomic E-state index is 6.05. The fraction of sp³-hybridized carbons (Fsp3) is 0.923. The molecule has 0 aliphatic carbocycles. The van der Waals surface area contributed by atoms with Gasteiger partial charge in [-0.25, -0.2) is 0 Å². The van der Waals surface area contributed by atoms with Crippen LogP contribution in [0.1, 0.15) is 19.8 Å². The van der Waals surface area contributed by atoms with Crippen LogP contribution < -0.4 is 5.73 Å². The van der Waals surface area contributed by atoms with Crippen molar-refractivity contribution in [2.24, 2.45) is 16.6 Å². The van der Waals surface area contributed by atoms with Crippen LogP contribution in [-0.2, 0) is 4.74 Å². The number of likely N-dealkylation sites (N-methyl/N-ethyl adjacent to an activating group) is 1. The van der Waals surface area contributed by atoms with Gasteiger partial charge in [-0.1, -0.05) is 6.92 Å². The lowest BCUT2D eigenvalue weighted by molar-refractivity contribution is -0.0137. The number of hydrogen-bond donors (Lipinski definition) is 1. The largest absolute Gasteiger partial charge is 0.374 e. The molecule has 0 saturated carbocycles. The molecule has 18 heavy (non-hydrogen) atoms. The van der Waals surface area contributed by atoms with Crippen LogP contribution >= 0.6 is 0 Å². The third-order valence-corrected chi connectivity index (χ3v) is 3.91. The van der Waals surface area contributed by atoms with Crippen LogP contribution in [-0.4, -0.2) is 68.2 Å². The maximum Gasteiger partial charge on any atom is 0.191 e. The predicted molar refractivity (Wildman–Crippen MR) is 73.7 cm³/mol. The first kappa shape index (κ1) is 13.6. The minimum absolute atomic E-state index is 0.200. The van der Waals surface area contributed by atoms with Gasteiger partial charge in [0.05, 0.1) is 19.3 Å². The number of morpholine rings is 1. The molecule has 0 aromatic carbocycles. The molecule has 5 nitrogen and oxygen atoms in total. The average Bonchev–Trinajstić information content (AvgIpc) is 2.37. The SMILES string of the molecule is CC1CCN(C(N)=NCC2CN(C)CCO2)CC1. The normalized spacial score (nSPS) is 28.7. The minimum Gasteiger partial charge on any atom is -0.374 e. The number of nitrogens with two attached hydrogens (primary N) is 1. The molecule has 2 heterocycles. The molecule has 0 bridgehead atoms. The molecule has 0 aromatic rings. The fourth-order valence-corrected chi connectivity index (χ4v) is 2.51. The number of hydrogen-bond acceptors (Lipinski definition) is 3. The molecule has 2 aliphatic rings. The maximum absolute atomic E-state index is 6.05. The van der Waals surface area contributed by atoms with Crippen molar-refractivity contribution in [2.45, 2.75) is 25.9 Å². The molecular weight excluding hydrogens is 228 g/mol. The van der Waals surface area contributed by atoms with E-state index < -0.39 is 0 Å². The van der Waals surface area contributed by atoms with E-state index in [1.54, 1.807) is 0 Å². The summed E-state index contributed by atoms with van der Waals surface area (Å²) < 4.78 is 5.68. The van der Waals surface area contributed by atoms with Crippen molar-refractivity contribution in [2.75, 3.05) is 46.4 Å². The van der Waals surface area contributed by atoms with E-state index >= 15 is 0 Å². The van der Waals surface area contributed by atoms with E-state index in [4.69, 9.17) is 10.5 Å². The second-order valence-electron chi connectivity index (χ2n) is 5.62. The van der Waals surface area contributed by atoms with Crippen molar-refractivity contribution >= 4 is 5.96 Å². The summed E-state index contributed by atoms with van der Waals surface area (Å²) in [5, 5.41) is 0. The zero-order chi connectivity index (χ0) is 13.0. The van der Waals surface area contributed by atoms with Gasteiger partial charge in [0.15, 0.2) is 5.96 Å². The molecule has 2 saturated heterocycles. The first-order valence-electron chi connectivity index (χ1n) is 7.00. The Kier molecular flexibility index (Phi) is 4.83. The summed E-state index contributed by atoms with van der Waals surface area (Å²) >= 11 is 0. The monoisotopic (exact) mass is 254 g/mol. The summed E-state index contributed by atoms with van der Waals surface area (Å²) in [6, 6.07) is 0. The molecule has 0 spiro atoms. The lowest BCUT2D eigenvalue weighted by atomic mass is 10.00. The Labute approximate surface area is 110 Å². The summed E-state index contributed by atoms with van der Waals surface area (Å²) in [6.07, 6.45) is 2.64. The summed E-state index contributed by atoms with van der Waals surface area (Å²) in [5.74, 6) is 1.52. The molecular formula is C13H26N4O. The van der Waals surface area contributed by atoms with Gasteiger partial charge in [-0.05, 0) is 25.8 Å². The Morgan fingerprint density at radius 1 is 1.33 bits per heavy atom. The van der Waals surface area contributed by atoms with Crippen molar-refractivity contribution in [3.05, 3.63) is 0 Å². The predicted octanol–water partition coefficient (Wildman–Crippen LogP) is 0.364. The number of likely N-dealkylation sites (tertiary alicyclic amines) is 1. The zero-order valence-corrected chi connectivity index (χ0v) is 11.6. The standard InChI is InChI=1S/C13H26N4O/c1-11-3-5-17(6-4-11)13(14)15-9-12-10-16(2)7-8-18-12/h11-12H,3-10H2,1-2H3,(H2,14,15). The highest BCUT2D eigenvalue weighted by molar-refractivity contribution is 5.78. The van der Waals surface area contributed by atoms with E-state index in [0.717, 1.165) is 38.7 Å². The van der Waals surface area contributed by atoms with Crippen LogP contribution in [0.25, 0.3) is 0 Å². The molecule has 104 valence electrons. The van der Waals surface area contributed by atoms with Crippen LogP contribution in [0.5, 0.6) is 0 Å². The highest BCUT2D eigenvalue weighted by atomic mass is 16.5. The first-order chi connectivity index (χ1) is 8.65. The lowest BCUT2D eigenvalue weighted by Crippen LogP contribution is -2.44. The molecule has 0 aromatic heterocycles. The van der Waals surface area contributed by atoms with Gasteiger partial charge >= 0.3 is 0 Å². The van der Waals surface area contributed by atoms with E-state index in [1.807, 2.05) is 0 Å². The van der Waals surface area contributed by atoms with Gasteiger partial charge in [0.2, 0.25) is 0 Å². The van der Waals surface area contributed by atoms with Crippen LogP contribution in [0.4, 0.5) is 0 Å². The number of rotatable bonds is 2. The molecule has 2 fully saturated rings. The van der Waals surface area contributed by atoms with Crippen LogP contribution in [0.15, 0.2) is 4.99 Å². The highest BCUT2D eigenvalue weighted by Gasteiger charge is 2.19. The van der Waals surface area contributed by atoms with Crippen LogP contribution in [0.2, 0.25) is 0 Å². The lowest BCUT2D eigenvalue weighted by Gasteiger charge is -2.32. The van der Waals surface area contributed by atoms with Gasteiger partial charge in [-0.2, -0.15) is 0 Å². The van der Waals surface area contributed by atoms with Crippen molar-refractivity contribution in [1.29, 1.82) is 0 Å². The van der Waals surface area contributed by atoms with Crippen molar-refractivity contribution in [1.82, 2.24) is 9.80 Å². The van der Waals surface area contributed by atoms with Crippen molar-refractivity contribution in [3.8, 4) is 0 Å². The third-order valence-electron chi connectivity index (χ3n) is 3.91. The number of piperidine rings is 1. The summed E-state index contributed by atoms with van der Waals surface area (Å²) in [7, 11) is 2.12. The Hall–Kier alpha value is -0.810. The number of ether oxygens (including phenoxy) is 1. The molecule has 5 heteroatoms. The van der Waals surface area contributed by atoms with Crippen LogP contribution in [0.3, 0.4) is 0 Å². The first-order valence-corrected chi connectivity index (χ1v) is 7.00. The van der Waals surface area contributed by atoms with Crippen molar-refractivity contribution < 1.29 is 4.74 Å². The zero-order valence-electron chi connectivity index (χ0n) is 11.6. The Morgan fingerprint density at radius 3 is 2.72 bits per heavy atom. The van der Waals surface area contributed by atoms with Gasteiger partial charge in [-0.3, -0.25) is 4.99 Å². The van der Waals surface area contributed by atoms with Crippen molar-refractivity contribution in [3.63, 3.8) is 0 Å².